The average molecular weight is 330 g/mol. The van der Waals surface area contributed by atoms with E-state index >= 15 is 0 Å². The fourth-order valence-electron chi connectivity index (χ4n) is 1.76. The van der Waals surface area contributed by atoms with Crippen molar-refractivity contribution in [2.75, 3.05) is 17.2 Å². The molecule has 2 aromatic rings. The van der Waals surface area contributed by atoms with E-state index in [-0.39, 0.29) is 18.7 Å². The molecule has 0 saturated heterocycles. The Morgan fingerprint density at radius 3 is 2.26 bits per heavy atom. The lowest BCUT2D eigenvalue weighted by molar-refractivity contribution is -0.116. The highest BCUT2D eigenvalue weighted by atomic mass is 19.2. The molecule has 0 fully saturated rings. The highest BCUT2D eigenvalue weighted by Gasteiger charge is 2.15. The van der Waals surface area contributed by atoms with Crippen LogP contribution in [0.4, 0.5) is 33.3 Å². The quantitative estimate of drug-likeness (QED) is 0.646. The number of carbonyl (C=O) groups excluding carboxylic acids is 1. The maximum Gasteiger partial charge on any atom is 0.226 e. The van der Waals surface area contributed by atoms with E-state index in [1.807, 2.05) is 0 Å². The number of benzene rings is 2. The minimum absolute atomic E-state index is 0.0439. The van der Waals surface area contributed by atoms with E-state index in [0.29, 0.717) is 6.07 Å². The van der Waals surface area contributed by atoms with Gasteiger partial charge in [-0.2, -0.15) is 0 Å². The molecule has 0 aliphatic carbocycles. The number of rotatable bonds is 5. The minimum atomic E-state index is -1.68. The third kappa shape index (κ3) is 4.18. The summed E-state index contributed by atoms with van der Waals surface area (Å²) < 4.78 is 64.8. The first-order valence-electron chi connectivity index (χ1n) is 6.50. The maximum absolute atomic E-state index is 13.4. The van der Waals surface area contributed by atoms with Crippen LogP contribution in [-0.2, 0) is 4.79 Å². The largest absolute Gasteiger partial charge is 0.384 e. The summed E-state index contributed by atoms with van der Waals surface area (Å²) in [5, 5.41) is 4.76. The fraction of sp³-hybridized carbons (Fsp3) is 0.133. The van der Waals surface area contributed by atoms with Crippen LogP contribution in [0.3, 0.4) is 0 Å². The summed E-state index contributed by atoms with van der Waals surface area (Å²) in [6.45, 7) is 0.0439. The van der Waals surface area contributed by atoms with Gasteiger partial charge >= 0.3 is 0 Å². The molecule has 0 heterocycles. The van der Waals surface area contributed by atoms with E-state index in [4.69, 9.17) is 0 Å². The molecule has 8 heteroatoms. The lowest BCUT2D eigenvalue weighted by atomic mass is 10.2. The topological polar surface area (TPSA) is 41.1 Å². The number of hydrogen-bond donors (Lipinski definition) is 2. The third-order valence-electron chi connectivity index (χ3n) is 2.91. The van der Waals surface area contributed by atoms with Crippen molar-refractivity contribution in [3.05, 3.63) is 59.4 Å². The second kappa shape index (κ2) is 7.08. The molecule has 122 valence electrons. The SMILES string of the molecule is O=C(CCNc1ccc(F)c(F)c1)Nc1ccc(F)c(F)c1F. The first kappa shape index (κ1) is 16.7. The Balaban J connectivity index is 1.88. The maximum atomic E-state index is 13.4. The highest BCUT2D eigenvalue weighted by molar-refractivity contribution is 5.91. The van der Waals surface area contributed by atoms with Crippen molar-refractivity contribution in [2.45, 2.75) is 6.42 Å². The van der Waals surface area contributed by atoms with Crippen molar-refractivity contribution in [3.8, 4) is 0 Å². The predicted molar refractivity (Wildman–Crippen MR) is 74.4 cm³/mol. The van der Waals surface area contributed by atoms with Gasteiger partial charge in [0.15, 0.2) is 29.1 Å². The molecule has 0 saturated carbocycles. The molecule has 2 rings (SSSR count). The van der Waals surface area contributed by atoms with Gasteiger partial charge < -0.3 is 10.6 Å². The van der Waals surface area contributed by atoms with Crippen LogP contribution in [0.1, 0.15) is 6.42 Å². The Labute approximate surface area is 128 Å². The predicted octanol–water partition coefficient (Wildman–Crippen LogP) is 3.82. The number of hydrogen-bond acceptors (Lipinski definition) is 2. The first-order valence-corrected chi connectivity index (χ1v) is 6.50. The van der Waals surface area contributed by atoms with Gasteiger partial charge in [0.25, 0.3) is 0 Å². The lowest BCUT2D eigenvalue weighted by Gasteiger charge is -2.09. The molecule has 0 aliphatic rings. The Hall–Kier alpha value is -2.64. The Morgan fingerprint density at radius 1 is 0.870 bits per heavy atom. The van der Waals surface area contributed by atoms with Crippen LogP contribution in [0.5, 0.6) is 0 Å². The third-order valence-corrected chi connectivity index (χ3v) is 2.91. The molecule has 0 radical (unpaired) electrons. The Bertz CT molecular complexity index is 736. The molecular formula is C15H11F5N2O. The van der Waals surface area contributed by atoms with Crippen molar-refractivity contribution >= 4 is 17.3 Å². The van der Waals surface area contributed by atoms with Crippen molar-refractivity contribution < 1.29 is 26.7 Å². The van der Waals surface area contributed by atoms with E-state index in [9.17, 15) is 26.7 Å². The van der Waals surface area contributed by atoms with Gasteiger partial charge in [-0.05, 0) is 30.3 Å². The van der Waals surface area contributed by atoms with Gasteiger partial charge in [-0.15, -0.1) is 0 Å². The fourth-order valence-corrected chi connectivity index (χ4v) is 1.76. The molecule has 3 nitrogen and oxygen atoms in total. The number of nitrogens with one attached hydrogen (secondary N) is 2. The highest BCUT2D eigenvalue weighted by Crippen LogP contribution is 2.19. The zero-order valence-corrected chi connectivity index (χ0v) is 11.6. The second-order valence-electron chi connectivity index (χ2n) is 4.58. The van der Waals surface area contributed by atoms with Gasteiger partial charge in [-0.1, -0.05) is 0 Å². The Morgan fingerprint density at radius 2 is 1.57 bits per heavy atom. The molecule has 23 heavy (non-hydrogen) atoms. The second-order valence-corrected chi connectivity index (χ2v) is 4.58. The van der Waals surface area contributed by atoms with E-state index in [0.717, 1.165) is 18.2 Å². The summed E-state index contributed by atoms with van der Waals surface area (Å²) in [7, 11) is 0. The molecule has 1 amide bonds. The molecule has 2 N–H and O–H groups in total. The van der Waals surface area contributed by atoms with Crippen molar-refractivity contribution in [3.63, 3.8) is 0 Å². The normalized spacial score (nSPS) is 10.5. The van der Waals surface area contributed by atoms with Crippen LogP contribution in [-0.4, -0.2) is 12.5 Å². The monoisotopic (exact) mass is 330 g/mol. The minimum Gasteiger partial charge on any atom is -0.384 e. The van der Waals surface area contributed by atoms with Gasteiger partial charge in [0.2, 0.25) is 5.91 Å². The Kier molecular flexibility index (Phi) is 5.15. The molecule has 0 bridgehead atoms. The number of carbonyl (C=O) groups is 1. The molecule has 2 aromatic carbocycles. The van der Waals surface area contributed by atoms with Crippen LogP contribution in [0.15, 0.2) is 30.3 Å². The van der Waals surface area contributed by atoms with Gasteiger partial charge in [0, 0.05) is 18.7 Å². The van der Waals surface area contributed by atoms with Crippen LogP contribution in [0, 0.1) is 29.1 Å². The number of anilines is 2. The summed E-state index contributed by atoms with van der Waals surface area (Å²) in [5.74, 6) is -7.23. The van der Waals surface area contributed by atoms with E-state index in [1.165, 1.54) is 6.07 Å². The van der Waals surface area contributed by atoms with Crippen LogP contribution in [0.25, 0.3) is 0 Å². The first-order chi connectivity index (χ1) is 10.9. The summed E-state index contributed by atoms with van der Waals surface area (Å²) in [6, 6.07) is 4.71. The van der Waals surface area contributed by atoms with E-state index < -0.39 is 40.7 Å². The molecule has 0 atom stereocenters. The zero-order chi connectivity index (χ0) is 17.0. The van der Waals surface area contributed by atoms with Crippen molar-refractivity contribution in [1.82, 2.24) is 0 Å². The summed E-state index contributed by atoms with van der Waals surface area (Å²) in [5.41, 5.74) is -0.225. The van der Waals surface area contributed by atoms with Gasteiger partial charge in [0.1, 0.15) is 0 Å². The van der Waals surface area contributed by atoms with Crippen LogP contribution >= 0.6 is 0 Å². The molecular weight excluding hydrogens is 319 g/mol. The molecule has 0 spiro atoms. The average Bonchev–Trinajstić information content (AvgIpc) is 2.51. The summed E-state index contributed by atoms with van der Waals surface area (Å²) in [6.07, 6.45) is -0.155. The van der Waals surface area contributed by atoms with E-state index in [1.54, 1.807) is 0 Å². The van der Waals surface area contributed by atoms with Crippen LogP contribution < -0.4 is 10.6 Å². The van der Waals surface area contributed by atoms with Crippen LogP contribution in [0.2, 0.25) is 0 Å². The van der Waals surface area contributed by atoms with E-state index in [2.05, 4.69) is 10.6 Å². The molecule has 0 aliphatic heterocycles. The lowest BCUT2D eigenvalue weighted by Crippen LogP contribution is -2.17. The number of halogens is 5. The molecule has 0 aromatic heterocycles. The van der Waals surface area contributed by atoms with Gasteiger partial charge in [0.05, 0.1) is 5.69 Å². The smallest absolute Gasteiger partial charge is 0.226 e. The molecule has 0 unspecified atom stereocenters. The standard InChI is InChI=1S/C15H11F5N2O/c16-9-2-1-8(7-11(9)18)21-6-5-13(23)22-12-4-3-10(17)14(19)15(12)20/h1-4,7,21H,5-6H2,(H,22,23). The van der Waals surface area contributed by atoms with Crippen molar-refractivity contribution in [1.29, 1.82) is 0 Å². The van der Waals surface area contributed by atoms with Crippen molar-refractivity contribution in [2.24, 2.45) is 0 Å². The van der Waals surface area contributed by atoms with Gasteiger partial charge in [-0.25, -0.2) is 22.0 Å². The van der Waals surface area contributed by atoms with Gasteiger partial charge in [-0.3, -0.25) is 4.79 Å². The summed E-state index contributed by atoms with van der Waals surface area (Å²) >= 11 is 0. The zero-order valence-electron chi connectivity index (χ0n) is 11.6. The summed E-state index contributed by atoms with van der Waals surface area (Å²) in [4.78, 5) is 11.6. The number of amides is 1.